The van der Waals surface area contributed by atoms with Crippen molar-refractivity contribution in [1.82, 2.24) is 0 Å². The second-order valence-corrected chi connectivity index (χ2v) is 3.29. The zero-order valence-electron chi connectivity index (χ0n) is 7.99. The van der Waals surface area contributed by atoms with Gasteiger partial charge in [0.05, 0.1) is 0 Å². The van der Waals surface area contributed by atoms with Gasteiger partial charge in [-0.05, 0) is 6.92 Å². The van der Waals surface area contributed by atoms with Crippen molar-refractivity contribution in [3.05, 3.63) is 12.2 Å². The topological polar surface area (TPSA) is 134 Å². The normalized spacial score (nSPS) is 9.93. The lowest BCUT2D eigenvalue weighted by Crippen LogP contribution is -2.09. The fourth-order valence-corrected chi connectivity index (χ4v) is 0.295. The molecule has 0 radical (unpaired) electrons. The molecule has 0 rings (SSSR count). The van der Waals surface area contributed by atoms with Crippen LogP contribution in [0.15, 0.2) is 12.2 Å². The van der Waals surface area contributed by atoms with Gasteiger partial charge in [0.15, 0.2) is 0 Å². The van der Waals surface area contributed by atoms with Crippen molar-refractivity contribution in [2.45, 2.75) is 6.92 Å². The quantitative estimate of drug-likeness (QED) is 0.132. The maximum Gasteiger partial charge on any atom is 0.466 e. The van der Waals surface area contributed by atoms with E-state index < -0.39 is 13.8 Å². The Labute approximate surface area is 85.9 Å². The molecule has 90 valence electrons. The molecule has 4 N–H and O–H groups in total. The van der Waals surface area contributed by atoms with Crippen LogP contribution in [0.1, 0.15) is 6.92 Å². The van der Waals surface area contributed by atoms with Crippen molar-refractivity contribution in [2.75, 3.05) is 13.2 Å². The first kappa shape index (κ1) is 16.7. The van der Waals surface area contributed by atoms with E-state index in [4.69, 9.17) is 24.5 Å². The Morgan fingerprint density at radius 3 is 2.00 bits per heavy atom. The van der Waals surface area contributed by atoms with Gasteiger partial charge >= 0.3 is 13.8 Å². The third-order valence-electron chi connectivity index (χ3n) is 0.756. The number of carbonyl (C=O) groups is 1. The van der Waals surface area contributed by atoms with E-state index in [2.05, 4.69) is 16.2 Å². The van der Waals surface area contributed by atoms with E-state index in [0.29, 0.717) is 5.57 Å². The molecule has 0 saturated heterocycles. The van der Waals surface area contributed by atoms with Gasteiger partial charge in [-0.3, -0.25) is 5.26 Å². The first-order valence-electron chi connectivity index (χ1n) is 3.55. The van der Waals surface area contributed by atoms with Gasteiger partial charge in [-0.2, -0.15) is 0 Å². The summed E-state index contributed by atoms with van der Waals surface area (Å²) in [6.45, 7) is 4.93. The Morgan fingerprint density at radius 2 is 1.73 bits per heavy atom. The molecule has 9 heteroatoms. The molecule has 8 nitrogen and oxygen atoms in total. The van der Waals surface area contributed by atoms with E-state index >= 15 is 0 Å². The molecule has 0 bridgehead atoms. The van der Waals surface area contributed by atoms with Crippen molar-refractivity contribution >= 4 is 13.8 Å². The monoisotopic (exact) mass is 244 g/mol. The zero-order valence-corrected chi connectivity index (χ0v) is 8.88. The van der Waals surface area contributed by atoms with Crippen LogP contribution in [0.3, 0.4) is 0 Å². The third-order valence-corrected chi connectivity index (χ3v) is 0.756. The lowest BCUT2D eigenvalue weighted by atomic mass is 10.4. The van der Waals surface area contributed by atoms with Crippen LogP contribution in [0.25, 0.3) is 0 Å². The molecular formula is C6H13O8P. The van der Waals surface area contributed by atoms with E-state index in [1.807, 2.05) is 0 Å². The number of rotatable bonds is 4. The number of phosphoric acid groups is 1. The summed E-state index contributed by atoms with van der Waals surface area (Å²) in [6.07, 6.45) is 0. The second kappa shape index (κ2) is 8.54. The van der Waals surface area contributed by atoms with Crippen LogP contribution < -0.4 is 0 Å². The van der Waals surface area contributed by atoms with Crippen LogP contribution in [-0.4, -0.2) is 39.1 Å². The summed E-state index contributed by atoms with van der Waals surface area (Å²) >= 11 is 0. The number of carbonyl (C=O) groups excluding carboxylic acids is 1. The number of ether oxygens (including phenoxy) is 1. The van der Waals surface area contributed by atoms with Gasteiger partial charge in [-0.25, -0.2) is 14.2 Å². The van der Waals surface area contributed by atoms with Gasteiger partial charge in [0.1, 0.15) is 13.2 Å². The maximum atomic E-state index is 10.6. The Balaban J connectivity index is 0. The van der Waals surface area contributed by atoms with Gasteiger partial charge in [0.25, 0.3) is 0 Å². The smallest absolute Gasteiger partial charge is 0.460 e. The van der Waals surface area contributed by atoms with Crippen LogP contribution in [0, 0.1) is 0 Å². The number of hydrogen-bond donors (Lipinski definition) is 4. The second-order valence-electron chi connectivity index (χ2n) is 2.26. The first-order valence-corrected chi connectivity index (χ1v) is 5.12. The van der Waals surface area contributed by atoms with Gasteiger partial charge in [-0.1, -0.05) is 6.58 Å². The van der Waals surface area contributed by atoms with Crippen LogP contribution >= 0.6 is 7.82 Å². The van der Waals surface area contributed by atoms with Gasteiger partial charge in [0, 0.05) is 5.57 Å². The molecule has 0 unspecified atom stereocenters. The number of esters is 1. The molecule has 0 amide bonds. The molecule has 0 aliphatic heterocycles. The van der Waals surface area contributed by atoms with Crippen LogP contribution in [-0.2, 0) is 19.0 Å². The Hall–Kier alpha value is -0.760. The van der Waals surface area contributed by atoms with Crippen molar-refractivity contribution < 1.29 is 38.9 Å². The fourth-order valence-electron chi connectivity index (χ4n) is 0.295. The van der Waals surface area contributed by atoms with Crippen molar-refractivity contribution in [3.8, 4) is 0 Å². The lowest BCUT2D eigenvalue weighted by Gasteiger charge is -2.00. The van der Waals surface area contributed by atoms with E-state index in [-0.39, 0.29) is 13.2 Å². The average Bonchev–Trinajstić information content (AvgIpc) is 2.01. The molecule has 0 aromatic carbocycles. The van der Waals surface area contributed by atoms with E-state index in [1.165, 1.54) is 0 Å². The summed E-state index contributed by atoms with van der Waals surface area (Å²) in [6, 6.07) is 0. The van der Waals surface area contributed by atoms with Crippen molar-refractivity contribution in [3.63, 3.8) is 0 Å². The highest BCUT2D eigenvalue weighted by Gasteiger charge is 2.01. The Kier molecular flexibility index (Phi) is 9.49. The molecule has 0 aliphatic carbocycles. The molecule has 0 spiro atoms. The first-order chi connectivity index (χ1) is 6.68. The van der Waals surface area contributed by atoms with E-state index in [9.17, 15) is 4.79 Å². The third kappa shape index (κ3) is 24.6. The molecule has 0 fully saturated rings. The molecule has 0 saturated carbocycles. The molecule has 0 heterocycles. The Morgan fingerprint density at radius 1 is 1.33 bits per heavy atom. The molecule has 15 heavy (non-hydrogen) atoms. The van der Waals surface area contributed by atoms with Crippen LogP contribution in [0.4, 0.5) is 0 Å². The molecule has 0 aromatic rings. The largest absolute Gasteiger partial charge is 0.466 e. The predicted octanol–water partition coefficient (Wildman–Crippen LogP) is -0.333. The summed E-state index contributed by atoms with van der Waals surface area (Å²) in [5, 5.41) is 7.80. The molecule has 0 atom stereocenters. The minimum absolute atomic E-state index is 0.0149. The van der Waals surface area contributed by atoms with Crippen molar-refractivity contribution in [1.29, 1.82) is 0 Å². The van der Waals surface area contributed by atoms with Gasteiger partial charge in [0.2, 0.25) is 0 Å². The molecule has 0 aliphatic rings. The summed E-state index contributed by atoms with van der Waals surface area (Å²) in [5.41, 5.74) is 0.331. The highest BCUT2D eigenvalue weighted by molar-refractivity contribution is 7.45. The lowest BCUT2D eigenvalue weighted by molar-refractivity contribution is -0.248. The van der Waals surface area contributed by atoms with Crippen LogP contribution in [0.2, 0.25) is 0 Å². The SMILES string of the molecule is C=C(C)C(=O)OCCOO.O=P(O)(O)O. The fraction of sp³-hybridized carbons (Fsp3) is 0.500. The zero-order chi connectivity index (χ0) is 12.5. The minimum atomic E-state index is -4.64. The average molecular weight is 244 g/mol. The highest BCUT2D eigenvalue weighted by atomic mass is 31.2. The molecular weight excluding hydrogens is 231 g/mol. The Bertz CT molecular complexity index is 235. The predicted molar refractivity (Wildman–Crippen MR) is 48.6 cm³/mol. The van der Waals surface area contributed by atoms with E-state index in [0.717, 1.165) is 0 Å². The van der Waals surface area contributed by atoms with Gasteiger partial charge in [-0.15, -0.1) is 0 Å². The van der Waals surface area contributed by atoms with Crippen LogP contribution in [0.5, 0.6) is 0 Å². The minimum Gasteiger partial charge on any atom is -0.460 e. The summed E-state index contributed by atoms with van der Waals surface area (Å²) in [4.78, 5) is 35.8. The van der Waals surface area contributed by atoms with E-state index in [1.54, 1.807) is 6.92 Å². The summed E-state index contributed by atoms with van der Waals surface area (Å²) < 4.78 is 13.4. The van der Waals surface area contributed by atoms with Crippen molar-refractivity contribution in [2.24, 2.45) is 0 Å². The summed E-state index contributed by atoms with van der Waals surface area (Å²) in [5.74, 6) is -0.475. The molecule has 0 aromatic heterocycles. The number of hydrogen-bond acceptors (Lipinski definition) is 5. The maximum absolute atomic E-state index is 10.6. The van der Waals surface area contributed by atoms with Gasteiger partial charge < -0.3 is 19.4 Å². The summed E-state index contributed by atoms with van der Waals surface area (Å²) in [7, 11) is -4.64. The highest BCUT2D eigenvalue weighted by Crippen LogP contribution is 2.25. The standard InChI is InChI=1S/C6H10O4.H3O4P/c1-5(2)6(7)9-3-4-10-8;1-5(2,3)4/h8H,1,3-4H2,2H3;(H3,1,2,3,4).